The van der Waals surface area contributed by atoms with Gasteiger partial charge in [-0.3, -0.25) is 0 Å². The maximum atomic E-state index is 5.90. The van der Waals surface area contributed by atoms with Crippen molar-refractivity contribution in [1.29, 1.82) is 0 Å². The van der Waals surface area contributed by atoms with Crippen molar-refractivity contribution in [2.45, 2.75) is 19.9 Å². The molecule has 4 heteroatoms. The Morgan fingerprint density at radius 1 is 1.47 bits per heavy atom. The first kappa shape index (κ1) is 11.7. The average Bonchev–Trinajstić information content (AvgIpc) is 2.79. The van der Waals surface area contributed by atoms with Gasteiger partial charge in [-0.2, -0.15) is 0 Å². The van der Waals surface area contributed by atoms with Crippen molar-refractivity contribution in [3.05, 3.63) is 42.5 Å². The molecule has 1 atom stereocenters. The van der Waals surface area contributed by atoms with Crippen LogP contribution < -0.4 is 10.5 Å². The van der Waals surface area contributed by atoms with Crippen LogP contribution in [0.4, 0.5) is 0 Å². The first-order valence-electron chi connectivity index (χ1n) is 5.73. The molecule has 90 valence electrons. The highest BCUT2D eigenvalue weighted by Crippen LogP contribution is 2.20. The van der Waals surface area contributed by atoms with Crippen LogP contribution in [0, 0.1) is 0 Å². The molecule has 0 amide bonds. The maximum Gasteiger partial charge on any atom is 0.121 e. The molecule has 2 N–H and O–H groups in total. The molecule has 0 aliphatic heterocycles. The Morgan fingerprint density at radius 2 is 2.29 bits per heavy atom. The molecule has 0 radical (unpaired) electrons. The van der Waals surface area contributed by atoms with E-state index in [9.17, 15) is 0 Å². The second kappa shape index (κ2) is 5.01. The van der Waals surface area contributed by atoms with Crippen molar-refractivity contribution in [3.8, 4) is 11.4 Å². The van der Waals surface area contributed by atoms with E-state index in [0.717, 1.165) is 17.1 Å². The fourth-order valence-electron chi connectivity index (χ4n) is 1.75. The lowest BCUT2D eigenvalue weighted by molar-refractivity contribution is 0.340. The molecule has 0 aliphatic carbocycles. The lowest BCUT2D eigenvalue weighted by Crippen LogP contribution is -2.10. The predicted molar refractivity (Wildman–Crippen MR) is 67.3 cm³/mol. The minimum absolute atomic E-state index is 0.0479. The maximum absolute atomic E-state index is 5.90. The summed E-state index contributed by atoms with van der Waals surface area (Å²) in [4.78, 5) is 4.14. The molecule has 0 saturated carbocycles. The molecule has 0 saturated heterocycles. The summed E-state index contributed by atoms with van der Waals surface area (Å²) in [7, 11) is 0. The Hall–Kier alpha value is -1.81. The second-order valence-electron chi connectivity index (χ2n) is 3.91. The summed E-state index contributed by atoms with van der Waals surface area (Å²) in [5.41, 5.74) is 7.90. The number of ether oxygens (including phenoxy) is 1. The van der Waals surface area contributed by atoms with Crippen LogP contribution in [0.2, 0.25) is 0 Å². The molecular formula is C13H17N3O. The highest BCUT2D eigenvalue weighted by molar-refractivity contribution is 5.40. The van der Waals surface area contributed by atoms with Gasteiger partial charge in [0.15, 0.2) is 0 Å². The van der Waals surface area contributed by atoms with E-state index in [4.69, 9.17) is 10.5 Å². The van der Waals surface area contributed by atoms with Crippen molar-refractivity contribution >= 4 is 0 Å². The van der Waals surface area contributed by atoms with Gasteiger partial charge in [0.2, 0.25) is 0 Å². The van der Waals surface area contributed by atoms with Crippen molar-refractivity contribution in [2.24, 2.45) is 5.73 Å². The average molecular weight is 231 g/mol. The molecule has 1 heterocycles. The van der Waals surface area contributed by atoms with Crippen LogP contribution in [0.25, 0.3) is 5.69 Å². The Balaban J connectivity index is 2.38. The van der Waals surface area contributed by atoms with Gasteiger partial charge in [0.25, 0.3) is 0 Å². The van der Waals surface area contributed by atoms with Gasteiger partial charge in [-0.25, -0.2) is 4.98 Å². The van der Waals surface area contributed by atoms with Gasteiger partial charge in [-0.15, -0.1) is 0 Å². The number of aromatic nitrogens is 2. The van der Waals surface area contributed by atoms with Gasteiger partial charge in [0.05, 0.1) is 30.5 Å². The summed E-state index contributed by atoms with van der Waals surface area (Å²) < 4.78 is 7.46. The van der Waals surface area contributed by atoms with Gasteiger partial charge in [0.1, 0.15) is 5.75 Å². The number of hydrogen-bond donors (Lipinski definition) is 1. The Labute approximate surface area is 101 Å². The minimum Gasteiger partial charge on any atom is -0.494 e. The van der Waals surface area contributed by atoms with Gasteiger partial charge in [0, 0.05) is 12.1 Å². The molecule has 0 aliphatic rings. The third-order valence-corrected chi connectivity index (χ3v) is 2.54. The van der Waals surface area contributed by atoms with Crippen LogP contribution in [0.3, 0.4) is 0 Å². The third kappa shape index (κ3) is 2.47. The predicted octanol–water partition coefficient (Wildman–Crippen LogP) is 2.29. The van der Waals surface area contributed by atoms with Crippen molar-refractivity contribution < 1.29 is 4.74 Å². The number of nitrogens with two attached hydrogens (primary N) is 1. The fraction of sp³-hybridized carbons (Fsp3) is 0.308. The minimum atomic E-state index is -0.0479. The van der Waals surface area contributed by atoms with E-state index in [2.05, 4.69) is 4.98 Å². The second-order valence-corrected chi connectivity index (χ2v) is 3.91. The Kier molecular flexibility index (Phi) is 3.44. The third-order valence-electron chi connectivity index (χ3n) is 2.54. The quantitative estimate of drug-likeness (QED) is 0.878. The van der Waals surface area contributed by atoms with E-state index in [-0.39, 0.29) is 6.04 Å². The molecule has 0 unspecified atom stereocenters. The Bertz CT molecular complexity index is 491. The van der Waals surface area contributed by atoms with Crippen molar-refractivity contribution in [1.82, 2.24) is 9.55 Å². The standard InChI is InChI=1S/C13H17N3O/c1-3-17-12-6-4-5-11(7-12)16-9-15-8-13(16)10(2)14/h4-10H,3,14H2,1-2H3/t10-/m0/s1. The summed E-state index contributed by atoms with van der Waals surface area (Å²) in [5.74, 6) is 0.856. The molecule has 4 nitrogen and oxygen atoms in total. The van der Waals surface area contributed by atoms with Crippen molar-refractivity contribution in [3.63, 3.8) is 0 Å². The molecular weight excluding hydrogens is 214 g/mol. The lowest BCUT2D eigenvalue weighted by atomic mass is 10.2. The van der Waals surface area contributed by atoms with Crippen LogP contribution >= 0.6 is 0 Å². The zero-order valence-corrected chi connectivity index (χ0v) is 10.1. The van der Waals surface area contributed by atoms with E-state index < -0.39 is 0 Å². The van der Waals surface area contributed by atoms with Gasteiger partial charge in [-0.05, 0) is 26.0 Å². The highest BCUT2D eigenvalue weighted by Gasteiger charge is 2.08. The molecule has 1 aromatic heterocycles. The molecule has 0 spiro atoms. The first-order valence-corrected chi connectivity index (χ1v) is 5.73. The van der Waals surface area contributed by atoms with Crippen LogP contribution in [-0.2, 0) is 0 Å². The van der Waals surface area contributed by atoms with Gasteiger partial charge < -0.3 is 15.0 Å². The van der Waals surface area contributed by atoms with Crippen molar-refractivity contribution in [2.75, 3.05) is 6.61 Å². The summed E-state index contributed by atoms with van der Waals surface area (Å²) in [6.45, 7) is 4.57. The number of imidazole rings is 1. The fourth-order valence-corrected chi connectivity index (χ4v) is 1.75. The Morgan fingerprint density at radius 3 is 3.00 bits per heavy atom. The lowest BCUT2D eigenvalue weighted by Gasteiger charge is -2.12. The number of benzene rings is 1. The van der Waals surface area contributed by atoms with Gasteiger partial charge in [-0.1, -0.05) is 6.07 Å². The zero-order chi connectivity index (χ0) is 12.3. The number of nitrogens with zero attached hydrogens (tertiary/aromatic N) is 2. The summed E-state index contributed by atoms with van der Waals surface area (Å²) in [6, 6.07) is 7.85. The molecule has 0 fully saturated rings. The number of hydrogen-bond acceptors (Lipinski definition) is 3. The molecule has 17 heavy (non-hydrogen) atoms. The van der Waals surface area contributed by atoms with Crippen LogP contribution in [0.5, 0.6) is 5.75 Å². The van der Waals surface area contributed by atoms with E-state index in [0.29, 0.717) is 6.61 Å². The van der Waals surface area contributed by atoms with E-state index in [1.165, 1.54) is 0 Å². The smallest absolute Gasteiger partial charge is 0.121 e. The zero-order valence-electron chi connectivity index (χ0n) is 10.1. The summed E-state index contributed by atoms with van der Waals surface area (Å²) in [6.07, 6.45) is 3.56. The SMILES string of the molecule is CCOc1cccc(-n2cncc2[C@H](C)N)c1. The monoisotopic (exact) mass is 231 g/mol. The number of rotatable bonds is 4. The first-order chi connectivity index (χ1) is 8.22. The van der Waals surface area contributed by atoms with Crippen LogP contribution in [0.15, 0.2) is 36.8 Å². The van der Waals surface area contributed by atoms with Crippen LogP contribution in [0.1, 0.15) is 25.6 Å². The van der Waals surface area contributed by atoms with Gasteiger partial charge >= 0.3 is 0 Å². The molecule has 2 rings (SSSR count). The highest BCUT2D eigenvalue weighted by atomic mass is 16.5. The van der Waals surface area contributed by atoms with E-state index >= 15 is 0 Å². The normalized spacial score (nSPS) is 12.4. The molecule has 1 aromatic carbocycles. The summed E-state index contributed by atoms with van der Waals surface area (Å²) >= 11 is 0. The summed E-state index contributed by atoms with van der Waals surface area (Å²) in [5, 5.41) is 0. The molecule has 2 aromatic rings. The van der Waals surface area contributed by atoms with Crippen LogP contribution in [-0.4, -0.2) is 16.2 Å². The topological polar surface area (TPSA) is 53.1 Å². The van der Waals surface area contributed by atoms with E-state index in [1.807, 2.05) is 42.7 Å². The van der Waals surface area contributed by atoms with E-state index in [1.54, 1.807) is 12.5 Å². The largest absolute Gasteiger partial charge is 0.494 e. The molecule has 0 bridgehead atoms.